The SMILES string of the molecule is CCN(CC)C(=O)CN1CCN(C(=O)c2ccc([N+](=O)[O-])o2)CC1. The summed E-state index contributed by atoms with van der Waals surface area (Å²) in [7, 11) is 0. The number of amides is 2. The van der Waals surface area contributed by atoms with Crippen molar-refractivity contribution >= 4 is 17.7 Å². The first-order valence-corrected chi connectivity index (χ1v) is 7.99. The molecular formula is C15H22N4O5. The van der Waals surface area contributed by atoms with Gasteiger partial charge in [-0.3, -0.25) is 24.6 Å². The minimum Gasteiger partial charge on any atom is -0.395 e. The molecule has 0 spiro atoms. The highest BCUT2D eigenvalue weighted by molar-refractivity contribution is 5.91. The third kappa shape index (κ3) is 4.10. The monoisotopic (exact) mass is 338 g/mol. The Hall–Kier alpha value is -2.42. The van der Waals surface area contributed by atoms with Crippen LogP contribution in [0.15, 0.2) is 16.5 Å². The van der Waals surface area contributed by atoms with Crippen LogP contribution in [0.25, 0.3) is 0 Å². The number of furan rings is 1. The second kappa shape index (κ2) is 7.91. The number of likely N-dealkylation sites (N-methyl/N-ethyl adjacent to an activating group) is 1. The number of rotatable bonds is 6. The Labute approximate surface area is 139 Å². The maximum atomic E-state index is 12.3. The van der Waals surface area contributed by atoms with Gasteiger partial charge in [0.15, 0.2) is 5.76 Å². The summed E-state index contributed by atoms with van der Waals surface area (Å²) in [5.74, 6) is -0.754. The first kappa shape index (κ1) is 17.9. The van der Waals surface area contributed by atoms with E-state index in [1.54, 1.807) is 9.80 Å². The highest BCUT2D eigenvalue weighted by Crippen LogP contribution is 2.18. The van der Waals surface area contributed by atoms with E-state index >= 15 is 0 Å². The van der Waals surface area contributed by atoms with Crippen LogP contribution in [0.1, 0.15) is 24.4 Å². The van der Waals surface area contributed by atoms with Gasteiger partial charge in [-0.1, -0.05) is 0 Å². The Morgan fingerprint density at radius 2 is 1.83 bits per heavy atom. The zero-order valence-corrected chi connectivity index (χ0v) is 13.9. The maximum absolute atomic E-state index is 12.3. The zero-order chi connectivity index (χ0) is 17.7. The van der Waals surface area contributed by atoms with Crippen molar-refractivity contribution in [1.82, 2.24) is 14.7 Å². The number of nitro groups is 1. The molecule has 1 saturated heterocycles. The van der Waals surface area contributed by atoms with Crippen LogP contribution in [0.3, 0.4) is 0 Å². The third-order valence-electron chi connectivity index (χ3n) is 4.12. The topological polar surface area (TPSA) is 100 Å². The summed E-state index contributed by atoms with van der Waals surface area (Å²) in [6.07, 6.45) is 0. The van der Waals surface area contributed by atoms with Gasteiger partial charge in [0.1, 0.15) is 4.92 Å². The molecule has 0 aromatic carbocycles. The van der Waals surface area contributed by atoms with E-state index in [1.807, 2.05) is 18.7 Å². The van der Waals surface area contributed by atoms with Gasteiger partial charge in [-0.25, -0.2) is 0 Å². The average Bonchev–Trinajstić information content (AvgIpc) is 3.06. The number of hydrogen-bond donors (Lipinski definition) is 0. The fraction of sp³-hybridized carbons (Fsp3) is 0.600. The summed E-state index contributed by atoms with van der Waals surface area (Å²) >= 11 is 0. The van der Waals surface area contributed by atoms with Crippen LogP contribution in [-0.2, 0) is 4.79 Å². The summed E-state index contributed by atoms with van der Waals surface area (Å²) < 4.78 is 4.95. The predicted octanol–water partition coefficient (Wildman–Crippen LogP) is 0.814. The molecule has 1 fully saturated rings. The van der Waals surface area contributed by atoms with Gasteiger partial charge in [-0.2, -0.15) is 0 Å². The third-order valence-corrected chi connectivity index (χ3v) is 4.12. The van der Waals surface area contributed by atoms with Gasteiger partial charge in [0.25, 0.3) is 5.91 Å². The fourth-order valence-electron chi connectivity index (χ4n) is 2.67. The highest BCUT2D eigenvalue weighted by Gasteiger charge is 2.27. The Balaban J connectivity index is 1.86. The molecule has 0 saturated carbocycles. The van der Waals surface area contributed by atoms with Crippen molar-refractivity contribution in [3.8, 4) is 0 Å². The molecule has 0 N–H and O–H groups in total. The van der Waals surface area contributed by atoms with Gasteiger partial charge in [0.05, 0.1) is 12.6 Å². The van der Waals surface area contributed by atoms with E-state index in [0.29, 0.717) is 45.8 Å². The molecule has 1 aliphatic rings. The molecule has 0 radical (unpaired) electrons. The molecule has 2 rings (SSSR count). The van der Waals surface area contributed by atoms with E-state index in [4.69, 9.17) is 4.42 Å². The molecule has 9 nitrogen and oxygen atoms in total. The lowest BCUT2D eigenvalue weighted by Crippen LogP contribution is -2.51. The molecule has 2 amide bonds. The molecule has 0 aliphatic carbocycles. The van der Waals surface area contributed by atoms with Gasteiger partial charge in [0, 0.05) is 39.3 Å². The molecule has 132 valence electrons. The molecular weight excluding hydrogens is 316 g/mol. The van der Waals surface area contributed by atoms with Crippen molar-refractivity contribution in [2.45, 2.75) is 13.8 Å². The first-order valence-electron chi connectivity index (χ1n) is 7.99. The van der Waals surface area contributed by atoms with Crippen LogP contribution in [0.2, 0.25) is 0 Å². The summed E-state index contributed by atoms with van der Waals surface area (Å²) in [5, 5.41) is 10.6. The summed E-state index contributed by atoms with van der Waals surface area (Å²) in [6, 6.07) is 2.49. The summed E-state index contributed by atoms with van der Waals surface area (Å²) in [5.41, 5.74) is 0. The van der Waals surface area contributed by atoms with Gasteiger partial charge in [-0.15, -0.1) is 0 Å². The van der Waals surface area contributed by atoms with Crippen LogP contribution in [0.5, 0.6) is 0 Å². The van der Waals surface area contributed by atoms with E-state index in [-0.39, 0.29) is 17.6 Å². The van der Waals surface area contributed by atoms with Crippen LogP contribution in [0.4, 0.5) is 5.88 Å². The Kier molecular flexibility index (Phi) is 5.91. The van der Waals surface area contributed by atoms with E-state index in [9.17, 15) is 19.7 Å². The van der Waals surface area contributed by atoms with Crippen LogP contribution in [0, 0.1) is 10.1 Å². The van der Waals surface area contributed by atoms with Crippen molar-refractivity contribution in [2.75, 3.05) is 45.8 Å². The maximum Gasteiger partial charge on any atom is 0.433 e. The van der Waals surface area contributed by atoms with Crippen molar-refractivity contribution in [3.63, 3.8) is 0 Å². The average molecular weight is 338 g/mol. The van der Waals surface area contributed by atoms with Gasteiger partial charge in [-0.05, 0) is 19.9 Å². The molecule has 1 aromatic rings. The van der Waals surface area contributed by atoms with E-state index in [1.165, 1.54) is 12.1 Å². The minimum atomic E-state index is -0.673. The van der Waals surface area contributed by atoms with Crippen LogP contribution < -0.4 is 0 Å². The molecule has 1 aromatic heterocycles. The predicted molar refractivity (Wildman–Crippen MR) is 85.6 cm³/mol. The molecule has 0 atom stereocenters. The quantitative estimate of drug-likeness (QED) is 0.562. The molecule has 0 bridgehead atoms. The number of piperazine rings is 1. The summed E-state index contributed by atoms with van der Waals surface area (Å²) in [6.45, 7) is 7.69. The Bertz CT molecular complexity index is 603. The molecule has 1 aliphatic heterocycles. The summed E-state index contributed by atoms with van der Waals surface area (Å²) in [4.78, 5) is 39.7. The van der Waals surface area contributed by atoms with Crippen molar-refractivity contribution < 1.29 is 18.9 Å². The first-order chi connectivity index (χ1) is 11.5. The van der Waals surface area contributed by atoms with E-state index < -0.39 is 10.8 Å². The highest BCUT2D eigenvalue weighted by atomic mass is 16.6. The molecule has 2 heterocycles. The Morgan fingerprint density at radius 1 is 1.21 bits per heavy atom. The van der Waals surface area contributed by atoms with E-state index in [0.717, 1.165) is 0 Å². The number of nitrogens with zero attached hydrogens (tertiary/aromatic N) is 4. The number of hydrogen-bond acceptors (Lipinski definition) is 6. The van der Waals surface area contributed by atoms with Crippen molar-refractivity contribution in [2.24, 2.45) is 0 Å². The standard InChI is InChI=1S/C15H22N4O5/c1-3-17(4-2)13(20)11-16-7-9-18(10-8-16)15(21)12-5-6-14(24-12)19(22)23/h5-6H,3-4,7-11H2,1-2H3. The number of carbonyl (C=O) groups excluding carboxylic acids is 2. The van der Waals surface area contributed by atoms with Gasteiger partial charge >= 0.3 is 5.88 Å². The van der Waals surface area contributed by atoms with Gasteiger partial charge in [0.2, 0.25) is 5.91 Å². The fourth-order valence-corrected chi connectivity index (χ4v) is 2.67. The van der Waals surface area contributed by atoms with Crippen LogP contribution >= 0.6 is 0 Å². The van der Waals surface area contributed by atoms with Crippen molar-refractivity contribution in [1.29, 1.82) is 0 Å². The smallest absolute Gasteiger partial charge is 0.395 e. The zero-order valence-electron chi connectivity index (χ0n) is 13.9. The lowest BCUT2D eigenvalue weighted by molar-refractivity contribution is -0.402. The lowest BCUT2D eigenvalue weighted by Gasteiger charge is -2.34. The largest absolute Gasteiger partial charge is 0.433 e. The lowest BCUT2D eigenvalue weighted by atomic mass is 10.2. The van der Waals surface area contributed by atoms with Crippen LogP contribution in [-0.4, -0.2) is 77.3 Å². The molecule has 24 heavy (non-hydrogen) atoms. The number of carbonyl (C=O) groups is 2. The van der Waals surface area contributed by atoms with E-state index in [2.05, 4.69) is 0 Å². The molecule has 0 unspecified atom stereocenters. The normalized spacial score (nSPS) is 15.3. The molecule has 9 heteroatoms. The minimum absolute atomic E-state index is 0.0330. The second-order valence-corrected chi connectivity index (χ2v) is 5.53. The second-order valence-electron chi connectivity index (χ2n) is 5.53. The van der Waals surface area contributed by atoms with Gasteiger partial charge < -0.3 is 14.2 Å². The van der Waals surface area contributed by atoms with Crippen molar-refractivity contribution in [3.05, 3.63) is 28.0 Å². The Morgan fingerprint density at radius 3 is 2.33 bits per heavy atom.